The zero-order chi connectivity index (χ0) is 23.2. The van der Waals surface area contributed by atoms with E-state index in [2.05, 4.69) is 10.3 Å². The summed E-state index contributed by atoms with van der Waals surface area (Å²) < 4.78 is 7.13. The van der Waals surface area contributed by atoms with Crippen molar-refractivity contribution in [2.45, 2.75) is 31.5 Å². The van der Waals surface area contributed by atoms with E-state index in [-0.39, 0.29) is 12.5 Å². The number of halogens is 1. The van der Waals surface area contributed by atoms with Gasteiger partial charge in [-0.05, 0) is 30.7 Å². The number of hydrogen-bond acceptors (Lipinski definition) is 7. The minimum atomic E-state index is -1.31. The highest BCUT2D eigenvalue weighted by molar-refractivity contribution is 7.19. The highest BCUT2D eigenvalue weighted by atomic mass is 35.5. The lowest BCUT2D eigenvalue weighted by molar-refractivity contribution is -0.138. The number of aliphatic hydroxyl groups excluding tert-OH is 1. The topological polar surface area (TPSA) is 94.9 Å². The van der Waals surface area contributed by atoms with Crippen molar-refractivity contribution < 1.29 is 19.7 Å². The Labute approximate surface area is 201 Å². The number of pyridine rings is 1. The van der Waals surface area contributed by atoms with Gasteiger partial charge in [0.05, 0.1) is 16.8 Å². The van der Waals surface area contributed by atoms with Gasteiger partial charge in [-0.25, -0.2) is 0 Å². The summed E-state index contributed by atoms with van der Waals surface area (Å²) in [6, 6.07) is 7.44. The molecular formula is C24H26ClN3O4S. The van der Waals surface area contributed by atoms with Gasteiger partial charge in [0.25, 0.3) is 5.91 Å². The summed E-state index contributed by atoms with van der Waals surface area (Å²) in [7, 11) is 0. The average molecular weight is 488 g/mol. The van der Waals surface area contributed by atoms with Gasteiger partial charge in [-0.3, -0.25) is 9.78 Å². The number of piperazine rings is 1. The number of carbonyl (C=O) groups excluding carboxylic acids is 1. The van der Waals surface area contributed by atoms with Gasteiger partial charge in [-0.15, -0.1) is 11.3 Å². The number of aromatic nitrogens is 1. The number of benzene rings is 1. The molecule has 0 bridgehead atoms. The summed E-state index contributed by atoms with van der Waals surface area (Å²) in [5.74, 6) is 0.673. The van der Waals surface area contributed by atoms with Gasteiger partial charge in [0.2, 0.25) is 0 Å². The second kappa shape index (κ2) is 8.85. The predicted molar refractivity (Wildman–Crippen MR) is 129 cm³/mol. The summed E-state index contributed by atoms with van der Waals surface area (Å²) in [6.45, 7) is 4.40. The molecule has 0 aliphatic carbocycles. The predicted octanol–water partition coefficient (Wildman–Crippen LogP) is 2.94. The first kappa shape index (κ1) is 22.6. The van der Waals surface area contributed by atoms with Crippen LogP contribution in [0.5, 0.6) is 5.75 Å². The second-order valence-corrected chi connectivity index (χ2v) is 10.0. The normalized spacial score (nSPS) is 19.9. The van der Waals surface area contributed by atoms with E-state index in [1.54, 1.807) is 6.20 Å². The molecule has 4 heterocycles. The molecule has 1 fully saturated rings. The van der Waals surface area contributed by atoms with Crippen molar-refractivity contribution in [1.82, 2.24) is 15.2 Å². The van der Waals surface area contributed by atoms with Crippen LogP contribution in [0.2, 0.25) is 5.02 Å². The Morgan fingerprint density at radius 3 is 2.85 bits per heavy atom. The largest absolute Gasteiger partial charge is 0.479 e. The van der Waals surface area contributed by atoms with E-state index in [0.717, 1.165) is 40.0 Å². The van der Waals surface area contributed by atoms with Crippen molar-refractivity contribution in [2.75, 3.05) is 32.8 Å². The molecule has 0 spiro atoms. The summed E-state index contributed by atoms with van der Waals surface area (Å²) in [6.07, 6.45) is 2.02. The number of thiophene rings is 1. The van der Waals surface area contributed by atoms with E-state index in [1.807, 2.05) is 36.1 Å². The third-order valence-electron chi connectivity index (χ3n) is 6.51. The molecule has 2 aliphatic rings. The Morgan fingerprint density at radius 1 is 1.33 bits per heavy atom. The minimum Gasteiger partial charge on any atom is -0.479 e. The maximum absolute atomic E-state index is 13.1. The Bertz CT molecular complexity index is 1200. The maximum Gasteiger partial charge on any atom is 0.264 e. The van der Waals surface area contributed by atoms with Gasteiger partial charge in [-0.2, -0.15) is 0 Å². The first-order valence-electron chi connectivity index (χ1n) is 11.1. The summed E-state index contributed by atoms with van der Waals surface area (Å²) in [5, 5.41) is 24.4. The molecular weight excluding hydrogens is 462 g/mol. The summed E-state index contributed by atoms with van der Waals surface area (Å²) in [4.78, 5) is 20.1. The van der Waals surface area contributed by atoms with Gasteiger partial charge in [0.15, 0.2) is 6.10 Å². The molecule has 2 aromatic heterocycles. The number of fused-ring (bicyclic) bond motifs is 2. The number of amides is 1. The fourth-order valence-electron chi connectivity index (χ4n) is 4.49. The Hall–Kier alpha value is -2.23. The number of carbonyl (C=O) groups is 1. The molecule has 1 amide bonds. The van der Waals surface area contributed by atoms with Crippen LogP contribution >= 0.6 is 22.9 Å². The van der Waals surface area contributed by atoms with Crippen molar-refractivity contribution in [2.24, 2.45) is 0 Å². The van der Waals surface area contributed by atoms with Crippen LogP contribution in [0.25, 0.3) is 21.3 Å². The zero-order valence-electron chi connectivity index (χ0n) is 18.3. The molecule has 3 aromatic rings. The van der Waals surface area contributed by atoms with E-state index < -0.39 is 11.7 Å². The summed E-state index contributed by atoms with van der Waals surface area (Å²) in [5.41, 5.74) is 2.01. The lowest BCUT2D eigenvalue weighted by atomic mass is 9.99. The molecule has 3 N–H and O–H groups in total. The van der Waals surface area contributed by atoms with Crippen LogP contribution in [0.1, 0.15) is 23.8 Å². The number of nitrogens with one attached hydrogen (secondary N) is 1. The van der Waals surface area contributed by atoms with Crippen molar-refractivity contribution >= 4 is 39.1 Å². The Balaban J connectivity index is 1.55. The first-order valence-corrected chi connectivity index (χ1v) is 12.3. The van der Waals surface area contributed by atoms with Crippen LogP contribution in [0.3, 0.4) is 0 Å². The van der Waals surface area contributed by atoms with E-state index in [1.165, 1.54) is 11.3 Å². The van der Waals surface area contributed by atoms with Gasteiger partial charge < -0.3 is 25.2 Å². The number of aliphatic hydroxyl groups is 2. The monoisotopic (exact) mass is 487 g/mol. The number of rotatable bonds is 5. The molecule has 7 nitrogen and oxygen atoms in total. The van der Waals surface area contributed by atoms with Crippen LogP contribution in [-0.4, -0.2) is 64.9 Å². The molecule has 2 atom stereocenters. The van der Waals surface area contributed by atoms with Crippen molar-refractivity contribution in [3.8, 4) is 16.9 Å². The lowest BCUT2D eigenvalue weighted by Gasteiger charge is -2.29. The molecule has 0 saturated carbocycles. The Kier molecular flexibility index (Phi) is 6.05. The fourth-order valence-corrected chi connectivity index (χ4v) is 6.03. The van der Waals surface area contributed by atoms with E-state index >= 15 is 0 Å². The van der Waals surface area contributed by atoms with Crippen LogP contribution < -0.4 is 10.1 Å². The highest BCUT2D eigenvalue weighted by Gasteiger charge is 2.35. The third-order valence-corrected chi connectivity index (χ3v) is 8.08. The number of nitrogens with zero attached hydrogens (tertiary/aromatic N) is 2. The SMILES string of the molecule is CCC(O)(CO)c1cc2nccc(-c3cc(Cl)cc4c3O[C@@H](C(=O)N3CCNCC3)C4)c2s1. The van der Waals surface area contributed by atoms with Gasteiger partial charge in [0.1, 0.15) is 11.4 Å². The maximum atomic E-state index is 13.1. The van der Waals surface area contributed by atoms with E-state index in [4.69, 9.17) is 16.3 Å². The first-order chi connectivity index (χ1) is 15.9. The quantitative estimate of drug-likeness (QED) is 0.512. The number of ether oxygens (including phenoxy) is 1. The van der Waals surface area contributed by atoms with E-state index in [9.17, 15) is 15.0 Å². The standard InChI is InChI=1S/C24H26ClN3O4S/c1-2-24(31,13-29)20-12-18-22(33-20)16(3-4-27-18)17-11-15(25)9-14-10-19(32-21(14)17)23(30)28-7-5-26-6-8-28/h3-4,9,11-12,19,26,29,31H,2,5-8,10,13H2,1H3/t19-,24?/m1/s1. The van der Waals surface area contributed by atoms with Crippen LogP contribution in [0.4, 0.5) is 0 Å². The molecule has 33 heavy (non-hydrogen) atoms. The smallest absolute Gasteiger partial charge is 0.264 e. The fraction of sp³-hybridized carbons (Fsp3) is 0.417. The molecule has 0 radical (unpaired) electrons. The van der Waals surface area contributed by atoms with Crippen molar-refractivity contribution in [1.29, 1.82) is 0 Å². The zero-order valence-corrected chi connectivity index (χ0v) is 19.9. The lowest BCUT2D eigenvalue weighted by Crippen LogP contribution is -2.50. The average Bonchev–Trinajstić information content (AvgIpc) is 3.47. The molecule has 1 unspecified atom stereocenters. The van der Waals surface area contributed by atoms with Crippen LogP contribution in [0, 0.1) is 0 Å². The molecule has 9 heteroatoms. The second-order valence-electron chi connectivity index (χ2n) is 8.55. The highest BCUT2D eigenvalue weighted by Crippen LogP contribution is 2.46. The van der Waals surface area contributed by atoms with Crippen molar-refractivity contribution in [3.63, 3.8) is 0 Å². The summed E-state index contributed by atoms with van der Waals surface area (Å²) >= 11 is 7.89. The minimum absolute atomic E-state index is 0.00372. The number of hydrogen-bond donors (Lipinski definition) is 3. The molecule has 1 aromatic carbocycles. The Morgan fingerprint density at radius 2 is 2.12 bits per heavy atom. The van der Waals surface area contributed by atoms with E-state index in [0.29, 0.717) is 41.6 Å². The third kappa shape index (κ3) is 4.00. The molecule has 1 saturated heterocycles. The van der Waals surface area contributed by atoms with Gasteiger partial charge in [0, 0.05) is 65.4 Å². The van der Waals surface area contributed by atoms with Crippen LogP contribution in [-0.2, 0) is 16.8 Å². The van der Waals surface area contributed by atoms with Crippen LogP contribution in [0.15, 0.2) is 30.5 Å². The van der Waals surface area contributed by atoms with Gasteiger partial charge in [-0.1, -0.05) is 18.5 Å². The molecule has 174 valence electrons. The van der Waals surface area contributed by atoms with Crippen molar-refractivity contribution in [3.05, 3.63) is 45.9 Å². The molecule has 5 rings (SSSR count). The molecule has 2 aliphatic heterocycles. The van der Waals surface area contributed by atoms with Gasteiger partial charge >= 0.3 is 0 Å².